The first-order chi connectivity index (χ1) is 9.15. The van der Waals surface area contributed by atoms with Crippen LogP contribution in [-0.4, -0.2) is 55.5 Å². The van der Waals surface area contributed by atoms with E-state index in [0.717, 1.165) is 32.4 Å². The Labute approximate surface area is 115 Å². The summed E-state index contributed by atoms with van der Waals surface area (Å²) < 4.78 is 5.40. The molecule has 0 spiro atoms. The second-order valence-corrected chi connectivity index (χ2v) is 5.08. The fourth-order valence-corrected chi connectivity index (χ4v) is 2.20. The maximum atomic E-state index is 12.0. The molecule has 5 nitrogen and oxygen atoms in total. The minimum absolute atomic E-state index is 0.0631. The molecule has 1 fully saturated rings. The van der Waals surface area contributed by atoms with Crippen molar-refractivity contribution in [3.8, 4) is 0 Å². The molecular formula is C14H26N2O3. The SMILES string of the molecule is CCCNC(=O)C1COCCN1CCCCC(C)=O. The molecule has 0 bridgehead atoms. The van der Waals surface area contributed by atoms with Gasteiger partial charge < -0.3 is 14.8 Å². The van der Waals surface area contributed by atoms with E-state index in [4.69, 9.17) is 4.74 Å². The molecule has 1 heterocycles. The molecule has 0 aromatic carbocycles. The van der Waals surface area contributed by atoms with Crippen LogP contribution in [0.25, 0.3) is 0 Å². The number of ketones is 1. The summed E-state index contributed by atoms with van der Waals surface area (Å²) in [6, 6.07) is -0.169. The summed E-state index contributed by atoms with van der Waals surface area (Å²) in [6.45, 7) is 7.19. The second-order valence-electron chi connectivity index (χ2n) is 5.08. The van der Waals surface area contributed by atoms with Crippen LogP contribution in [0.15, 0.2) is 0 Å². The van der Waals surface area contributed by atoms with Gasteiger partial charge in [-0.15, -0.1) is 0 Å². The highest BCUT2D eigenvalue weighted by molar-refractivity contribution is 5.82. The fourth-order valence-electron chi connectivity index (χ4n) is 2.20. The number of hydrogen-bond acceptors (Lipinski definition) is 4. The molecule has 0 aromatic heterocycles. The van der Waals surface area contributed by atoms with Crippen LogP contribution < -0.4 is 5.32 Å². The first-order valence-electron chi connectivity index (χ1n) is 7.24. The lowest BCUT2D eigenvalue weighted by atomic mass is 10.1. The van der Waals surface area contributed by atoms with Gasteiger partial charge in [0.25, 0.3) is 0 Å². The van der Waals surface area contributed by atoms with Crippen LogP contribution >= 0.6 is 0 Å². The molecule has 0 aromatic rings. The number of ether oxygens (including phenoxy) is 1. The number of rotatable bonds is 8. The van der Waals surface area contributed by atoms with Gasteiger partial charge in [0.1, 0.15) is 11.8 Å². The van der Waals surface area contributed by atoms with Crippen molar-refractivity contribution in [3.63, 3.8) is 0 Å². The summed E-state index contributed by atoms with van der Waals surface area (Å²) in [5.74, 6) is 0.298. The molecule has 1 saturated heterocycles. The molecule has 0 aliphatic carbocycles. The maximum Gasteiger partial charge on any atom is 0.239 e. The van der Waals surface area contributed by atoms with Crippen LogP contribution in [0.1, 0.15) is 39.5 Å². The number of amides is 1. The van der Waals surface area contributed by atoms with Crippen LogP contribution in [-0.2, 0) is 14.3 Å². The minimum Gasteiger partial charge on any atom is -0.378 e. The molecule has 1 aliphatic rings. The predicted octanol–water partition coefficient (Wildman–Crippen LogP) is 0.973. The number of carbonyl (C=O) groups excluding carboxylic acids is 2. The summed E-state index contributed by atoms with van der Waals surface area (Å²) in [6.07, 6.45) is 3.43. The zero-order valence-corrected chi connectivity index (χ0v) is 12.1. The molecular weight excluding hydrogens is 244 g/mol. The Kier molecular flexibility index (Phi) is 7.67. The van der Waals surface area contributed by atoms with E-state index in [2.05, 4.69) is 10.2 Å². The summed E-state index contributed by atoms with van der Waals surface area (Å²) in [4.78, 5) is 25.1. The van der Waals surface area contributed by atoms with Gasteiger partial charge in [-0.1, -0.05) is 6.92 Å². The van der Waals surface area contributed by atoms with Gasteiger partial charge in [-0.05, 0) is 32.7 Å². The van der Waals surface area contributed by atoms with Crippen LogP contribution in [0.4, 0.5) is 0 Å². The molecule has 110 valence electrons. The van der Waals surface area contributed by atoms with E-state index in [9.17, 15) is 9.59 Å². The van der Waals surface area contributed by atoms with E-state index in [1.165, 1.54) is 0 Å². The van der Waals surface area contributed by atoms with E-state index in [0.29, 0.717) is 26.2 Å². The number of Topliss-reactive ketones (excluding diaryl/α,β-unsaturated/α-hetero) is 1. The van der Waals surface area contributed by atoms with Crippen molar-refractivity contribution in [2.24, 2.45) is 0 Å². The van der Waals surface area contributed by atoms with Gasteiger partial charge in [-0.25, -0.2) is 0 Å². The number of nitrogens with zero attached hydrogens (tertiary/aromatic N) is 1. The van der Waals surface area contributed by atoms with Crippen LogP contribution in [0.2, 0.25) is 0 Å². The lowest BCUT2D eigenvalue weighted by molar-refractivity contribution is -0.132. The van der Waals surface area contributed by atoms with E-state index in [1.807, 2.05) is 6.92 Å². The molecule has 0 saturated carbocycles. The highest BCUT2D eigenvalue weighted by Crippen LogP contribution is 2.09. The van der Waals surface area contributed by atoms with Gasteiger partial charge >= 0.3 is 0 Å². The fraction of sp³-hybridized carbons (Fsp3) is 0.857. The van der Waals surface area contributed by atoms with Crippen molar-refractivity contribution in [2.75, 3.05) is 32.8 Å². The van der Waals surface area contributed by atoms with Crippen molar-refractivity contribution >= 4 is 11.7 Å². The Bertz CT molecular complexity index is 294. The third kappa shape index (κ3) is 6.16. The Morgan fingerprint density at radius 2 is 2.16 bits per heavy atom. The largest absolute Gasteiger partial charge is 0.378 e. The standard InChI is InChI=1S/C14H26N2O3/c1-3-7-15-14(18)13-11-19-10-9-16(13)8-5-4-6-12(2)17/h13H,3-11H2,1-2H3,(H,15,18). The number of nitrogens with one attached hydrogen (secondary N) is 1. The first-order valence-corrected chi connectivity index (χ1v) is 7.24. The van der Waals surface area contributed by atoms with Gasteiger partial charge in [-0.2, -0.15) is 0 Å². The average Bonchev–Trinajstić information content (AvgIpc) is 2.41. The Balaban J connectivity index is 2.34. The summed E-state index contributed by atoms with van der Waals surface area (Å²) >= 11 is 0. The van der Waals surface area contributed by atoms with E-state index >= 15 is 0 Å². The number of unbranched alkanes of at least 4 members (excludes halogenated alkanes) is 1. The molecule has 19 heavy (non-hydrogen) atoms. The Hall–Kier alpha value is -0.940. The second kappa shape index (κ2) is 9.04. The van der Waals surface area contributed by atoms with Crippen molar-refractivity contribution in [2.45, 2.75) is 45.6 Å². The normalized spacial score (nSPS) is 20.2. The quantitative estimate of drug-likeness (QED) is 0.668. The van der Waals surface area contributed by atoms with Crippen molar-refractivity contribution in [3.05, 3.63) is 0 Å². The monoisotopic (exact) mass is 270 g/mol. The lowest BCUT2D eigenvalue weighted by Crippen LogP contribution is -2.54. The predicted molar refractivity (Wildman–Crippen MR) is 74.0 cm³/mol. The topological polar surface area (TPSA) is 58.6 Å². The number of hydrogen-bond donors (Lipinski definition) is 1. The van der Waals surface area contributed by atoms with Crippen molar-refractivity contribution in [1.82, 2.24) is 10.2 Å². The zero-order valence-electron chi connectivity index (χ0n) is 12.1. The third-order valence-corrected chi connectivity index (χ3v) is 3.32. The molecule has 1 N–H and O–H groups in total. The van der Waals surface area contributed by atoms with Crippen molar-refractivity contribution in [1.29, 1.82) is 0 Å². The highest BCUT2D eigenvalue weighted by atomic mass is 16.5. The molecule has 1 unspecified atom stereocenters. The first kappa shape index (κ1) is 16.1. The average molecular weight is 270 g/mol. The Morgan fingerprint density at radius 3 is 2.84 bits per heavy atom. The van der Waals surface area contributed by atoms with Gasteiger partial charge in [0.2, 0.25) is 5.91 Å². The van der Waals surface area contributed by atoms with E-state index in [1.54, 1.807) is 6.92 Å². The minimum atomic E-state index is -0.169. The third-order valence-electron chi connectivity index (χ3n) is 3.32. The maximum absolute atomic E-state index is 12.0. The van der Waals surface area contributed by atoms with Crippen molar-refractivity contribution < 1.29 is 14.3 Å². The number of morpholine rings is 1. The van der Waals surface area contributed by atoms with Crippen LogP contribution in [0.5, 0.6) is 0 Å². The van der Waals surface area contributed by atoms with Gasteiger partial charge in [0.15, 0.2) is 0 Å². The molecule has 1 atom stereocenters. The number of carbonyl (C=O) groups is 2. The van der Waals surface area contributed by atoms with Gasteiger partial charge in [-0.3, -0.25) is 9.69 Å². The molecule has 0 radical (unpaired) electrons. The summed E-state index contributed by atoms with van der Waals surface area (Å²) in [5, 5.41) is 2.93. The summed E-state index contributed by atoms with van der Waals surface area (Å²) in [7, 11) is 0. The molecule has 5 heteroatoms. The lowest BCUT2D eigenvalue weighted by Gasteiger charge is -2.34. The summed E-state index contributed by atoms with van der Waals surface area (Å²) in [5.41, 5.74) is 0. The molecule has 1 amide bonds. The van der Waals surface area contributed by atoms with Gasteiger partial charge in [0.05, 0.1) is 13.2 Å². The molecule has 1 rings (SSSR count). The Morgan fingerprint density at radius 1 is 1.37 bits per heavy atom. The highest BCUT2D eigenvalue weighted by Gasteiger charge is 2.28. The van der Waals surface area contributed by atoms with Gasteiger partial charge in [0, 0.05) is 19.5 Å². The van der Waals surface area contributed by atoms with Crippen LogP contribution in [0, 0.1) is 0 Å². The van der Waals surface area contributed by atoms with E-state index < -0.39 is 0 Å². The van der Waals surface area contributed by atoms with Crippen LogP contribution in [0.3, 0.4) is 0 Å². The molecule has 1 aliphatic heterocycles. The van der Waals surface area contributed by atoms with E-state index in [-0.39, 0.29) is 17.7 Å². The smallest absolute Gasteiger partial charge is 0.239 e. The zero-order chi connectivity index (χ0) is 14.1.